The maximum absolute atomic E-state index is 12.1. The van der Waals surface area contributed by atoms with Crippen molar-refractivity contribution in [2.24, 2.45) is 5.92 Å². The van der Waals surface area contributed by atoms with E-state index in [1.54, 1.807) is 24.3 Å². The summed E-state index contributed by atoms with van der Waals surface area (Å²) in [5, 5.41) is 0. The van der Waals surface area contributed by atoms with Crippen LogP contribution in [0.25, 0.3) is 0 Å². The molecule has 134 valence electrons. The van der Waals surface area contributed by atoms with Crippen molar-refractivity contribution >= 4 is 11.9 Å². The zero-order valence-corrected chi connectivity index (χ0v) is 15.2. The lowest BCUT2D eigenvalue weighted by molar-refractivity contribution is 0.0433. The quantitative estimate of drug-likeness (QED) is 0.421. The van der Waals surface area contributed by atoms with Gasteiger partial charge in [-0.1, -0.05) is 58.9 Å². The van der Waals surface area contributed by atoms with Crippen LogP contribution >= 0.6 is 0 Å². The van der Waals surface area contributed by atoms with Crippen molar-refractivity contribution in [2.75, 3.05) is 13.2 Å². The molecular weight excluding hydrogens is 304 g/mol. The van der Waals surface area contributed by atoms with Gasteiger partial charge in [-0.05, 0) is 30.5 Å². The number of ether oxygens (including phenoxy) is 2. The molecule has 1 aromatic carbocycles. The lowest BCUT2D eigenvalue weighted by Crippen LogP contribution is -2.14. The van der Waals surface area contributed by atoms with E-state index in [4.69, 9.17) is 9.47 Å². The second kappa shape index (κ2) is 11.7. The van der Waals surface area contributed by atoms with E-state index in [0.717, 1.165) is 38.5 Å². The molecule has 4 heteroatoms. The van der Waals surface area contributed by atoms with Crippen LogP contribution < -0.4 is 0 Å². The summed E-state index contributed by atoms with van der Waals surface area (Å²) in [6.45, 7) is 7.14. The summed E-state index contributed by atoms with van der Waals surface area (Å²) < 4.78 is 10.6. The predicted octanol–water partition coefficient (Wildman–Crippen LogP) is 5.02. The predicted molar refractivity (Wildman–Crippen MR) is 95.2 cm³/mol. The van der Waals surface area contributed by atoms with Gasteiger partial charge >= 0.3 is 11.9 Å². The average Bonchev–Trinajstić information content (AvgIpc) is 2.62. The molecule has 0 aliphatic rings. The third-order valence-corrected chi connectivity index (χ3v) is 4.17. The Labute approximate surface area is 145 Å². The van der Waals surface area contributed by atoms with E-state index in [1.165, 1.54) is 0 Å². The highest BCUT2D eigenvalue weighted by Crippen LogP contribution is 2.12. The molecule has 0 aliphatic heterocycles. The van der Waals surface area contributed by atoms with E-state index in [-0.39, 0.29) is 11.9 Å². The molecule has 0 saturated carbocycles. The molecule has 1 aromatic rings. The molecule has 24 heavy (non-hydrogen) atoms. The Kier molecular flexibility index (Phi) is 9.81. The van der Waals surface area contributed by atoms with Gasteiger partial charge in [-0.3, -0.25) is 0 Å². The standard InChI is InChI=1S/C20H30O4/c1-4-7-8-9-13-23-19(21)17-11-10-12-18(14-17)20(22)24-15-16(5-2)6-3/h10-12,14,16H,4-9,13,15H2,1-3H3. The van der Waals surface area contributed by atoms with E-state index in [0.29, 0.717) is 30.3 Å². The first-order chi connectivity index (χ1) is 11.6. The van der Waals surface area contributed by atoms with Gasteiger partial charge < -0.3 is 9.47 Å². The zero-order valence-electron chi connectivity index (χ0n) is 15.2. The molecule has 0 aromatic heterocycles. The summed E-state index contributed by atoms with van der Waals surface area (Å²) >= 11 is 0. The third-order valence-electron chi connectivity index (χ3n) is 4.17. The van der Waals surface area contributed by atoms with Crippen LogP contribution in [0.15, 0.2) is 24.3 Å². The highest BCUT2D eigenvalue weighted by atomic mass is 16.5. The van der Waals surface area contributed by atoms with Gasteiger partial charge in [0, 0.05) is 0 Å². The van der Waals surface area contributed by atoms with Crippen molar-refractivity contribution in [1.29, 1.82) is 0 Å². The van der Waals surface area contributed by atoms with Gasteiger partial charge in [-0.15, -0.1) is 0 Å². The molecule has 0 aliphatic carbocycles. The summed E-state index contributed by atoms with van der Waals surface area (Å²) in [7, 11) is 0. The lowest BCUT2D eigenvalue weighted by atomic mass is 10.1. The number of carbonyl (C=O) groups is 2. The number of hydrogen-bond acceptors (Lipinski definition) is 4. The summed E-state index contributed by atoms with van der Waals surface area (Å²) in [5.74, 6) is -0.397. The summed E-state index contributed by atoms with van der Waals surface area (Å²) in [6.07, 6.45) is 6.19. The van der Waals surface area contributed by atoms with Crippen molar-refractivity contribution in [3.8, 4) is 0 Å². The zero-order chi connectivity index (χ0) is 17.8. The van der Waals surface area contributed by atoms with Crippen LogP contribution in [0.5, 0.6) is 0 Å². The molecule has 0 atom stereocenters. The van der Waals surface area contributed by atoms with Gasteiger partial charge in [-0.2, -0.15) is 0 Å². The fourth-order valence-electron chi connectivity index (χ4n) is 2.35. The van der Waals surface area contributed by atoms with Crippen molar-refractivity contribution in [3.63, 3.8) is 0 Å². The van der Waals surface area contributed by atoms with Crippen molar-refractivity contribution in [1.82, 2.24) is 0 Å². The molecule has 0 heterocycles. The van der Waals surface area contributed by atoms with E-state index in [9.17, 15) is 9.59 Å². The minimum Gasteiger partial charge on any atom is -0.462 e. The highest BCUT2D eigenvalue weighted by molar-refractivity contribution is 5.95. The molecule has 0 saturated heterocycles. The van der Waals surface area contributed by atoms with Gasteiger partial charge in [0.15, 0.2) is 0 Å². The SMILES string of the molecule is CCCCCCOC(=O)c1cccc(C(=O)OCC(CC)CC)c1. The number of unbranched alkanes of at least 4 members (excludes halogenated alkanes) is 3. The summed E-state index contributed by atoms with van der Waals surface area (Å²) in [6, 6.07) is 6.55. The average molecular weight is 334 g/mol. The number of benzene rings is 1. The van der Waals surface area contributed by atoms with E-state index >= 15 is 0 Å². The molecule has 1 rings (SSSR count). The number of carbonyl (C=O) groups excluding carboxylic acids is 2. The van der Waals surface area contributed by atoms with Gasteiger partial charge in [0.2, 0.25) is 0 Å². The molecule has 0 radical (unpaired) electrons. The molecule has 0 unspecified atom stereocenters. The van der Waals surface area contributed by atoms with Gasteiger partial charge in [0.05, 0.1) is 24.3 Å². The number of rotatable bonds is 11. The Morgan fingerprint density at radius 2 is 1.54 bits per heavy atom. The normalized spacial score (nSPS) is 10.7. The van der Waals surface area contributed by atoms with Crippen LogP contribution in [0.1, 0.15) is 80.0 Å². The molecule has 0 fully saturated rings. The first-order valence-electron chi connectivity index (χ1n) is 9.06. The maximum Gasteiger partial charge on any atom is 0.338 e. The van der Waals surface area contributed by atoms with Crippen molar-refractivity contribution < 1.29 is 19.1 Å². The molecule has 4 nitrogen and oxygen atoms in total. The molecule has 0 amide bonds. The smallest absolute Gasteiger partial charge is 0.338 e. The molecular formula is C20H30O4. The lowest BCUT2D eigenvalue weighted by Gasteiger charge is -2.12. The monoisotopic (exact) mass is 334 g/mol. The Morgan fingerprint density at radius 1 is 0.917 bits per heavy atom. The maximum atomic E-state index is 12.1. The van der Waals surface area contributed by atoms with Crippen LogP contribution in [0.2, 0.25) is 0 Å². The first kappa shape index (κ1) is 20.2. The second-order valence-electron chi connectivity index (χ2n) is 6.06. The van der Waals surface area contributed by atoms with Crippen LogP contribution in [0.3, 0.4) is 0 Å². The van der Waals surface area contributed by atoms with Crippen molar-refractivity contribution in [2.45, 2.75) is 59.3 Å². The largest absolute Gasteiger partial charge is 0.462 e. The Morgan fingerprint density at radius 3 is 2.12 bits per heavy atom. The van der Waals surface area contributed by atoms with E-state index < -0.39 is 0 Å². The summed E-state index contributed by atoms with van der Waals surface area (Å²) in [4.78, 5) is 24.2. The second-order valence-corrected chi connectivity index (χ2v) is 6.06. The Hall–Kier alpha value is -1.84. The van der Waals surface area contributed by atoms with E-state index in [2.05, 4.69) is 20.8 Å². The van der Waals surface area contributed by atoms with Crippen molar-refractivity contribution in [3.05, 3.63) is 35.4 Å². The van der Waals surface area contributed by atoms with Gasteiger partial charge in [-0.25, -0.2) is 9.59 Å². The van der Waals surface area contributed by atoms with E-state index in [1.807, 2.05) is 0 Å². The minimum atomic E-state index is -0.389. The third kappa shape index (κ3) is 7.16. The molecule has 0 bridgehead atoms. The Balaban J connectivity index is 2.52. The molecule has 0 N–H and O–H groups in total. The van der Waals surface area contributed by atoms with Crippen LogP contribution in [-0.4, -0.2) is 25.2 Å². The highest BCUT2D eigenvalue weighted by Gasteiger charge is 2.14. The van der Waals surface area contributed by atoms with Crippen LogP contribution in [-0.2, 0) is 9.47 Å². The minimum absolute atomic E-state index is 0.380. The van der Waals surface area contributed by atoms with Gasteiger partial charge in [0.25, 0.3) is 0 Å². The first-order valence-corrected chi connectivity index (χ1v) is 9.06. The van der Waals surface area contributed by atoms with Crippen LogP contribution in [0.4, 0.5) is 0 Å². The molecule has 0 spiro atoms. The van der Waals surface area contributed by atoms with Crippen LogP contribution in [0, 0.1) is 5.92 Å². The fourth-order valence-corrected chi connectivity index (χ4v) is 2.35. The number of esters is 2. The van der Waals surface area contributed by atoms with Gasteiger partial charge in [0.1, 0.15) is 0 Å². The topological polar surface area (TPSA) is 52.6 Å². The Bertz CT molecular complexity index is 506. The number of hydrogen-bond donors (Lipinski definition) is 0. The summed E-state index contributed by atoms with van der Waals surface area (Å²) in [5.41, 5.74) is 0.781. The fraction of sp³-hybridized carbons (Fsp3) is 0.600.